The summed E-state index contributed by atoms with van der Waals surface area (Å²) in [6.45, 7) is 0. The molecule has 20 heavy (non-hydrogen) atoms. The highest BCUT2D eigenvalue weighted by molar-refractivity contribution is 6.61. The van der Waals surface area contributed by atoms with Crippen LogP contribution in [0.25, 0.3) is 0 Å². The fourth-order valence-corrected chi connectivity index (χ4v) is 3.08. The Hall–Kier alpha value is -2.11. The fraction of sp³-hybridized carbons (Fsp3) is 0.133. The monoisotopic (exact) mass is 265 g/mol. The van der Waals surface area contributed by atoms with Gasteiger partial charge in [0, 0.05) is 17.7 Å². The molecule has 98 valence electrons. The van der Waals surface area contributed by atoms with E-state index in [1.54, 1.807) is 0 Å². The summed E-state index contributed by atoms with van der Waals surface area (Å²) >= 11 is 0. The van der Waals surface area contributed by atoms with Crippen molar-refractivity contribution in [2.45, 2.75) is 12.0 Å². The van der Waals surface area contributed by atoms with E-state index in [2.05, 4.69) is 5.32 Å². The number of hydrogen-bond acceptors (Lipinski definition) is 3. The summed E-state index contributed by atoms with van der Waals surface area (Å²) in [5.74, 6) is -0.216. The van der Waals surface area contributed by atoms with Crippen LogP contribution in [0.3, 0.4) is 0 Å². The lowest BCUT2D eigenvalue weighted by Crippen LogP contribution is -2.54. The molecule has 2 N–H and O–H groups in total. The number of anilines is 1. The van der Waals surface area contributed by atoms with Gasteiger partial charge in [-0.15, -0.1) is 0 Å². The molecule has 0 saturated carbocycles. The molecule has 5 heteroatoms. The van der Waals surface area contributed by atoms with Gasteiger partial charge in [-0.1, -0.05) is 42.5 Å². The van der Waals surface area contributed by atoms with Crippen LogP contribution in [0.15, 0.2) is 48.5 Å². The molecule has 1 unspecified atom stereocenters. The first-order valence-corrected chi connectivity index (χ1v) is 6.55. The van der Waals surface area contributed by atoms with E-state index >= 15 is 0 Å². The molecule has 2 aromatic rings. The number of hydrogen-bond donors (Lipinski definition) is 2. The van der Waals surface area contributed by atoms with Crippen LogP contribution in [0.1, 0.15) is 11.1 Å². The number of benzene rings is 2. The predicted octanol–water partition coefficient (Wildman–Crippen LogP) is 0.794. The Morgan fingerprint density at radius 2 is 1.90 bits per heavy atom. The maximum absolute atomic E-state index is 12.4. The first kappa shape index (κ1) is 11.7. The highest BCUT2D eigenvalue weighted by atomic mass is 16.5. The number of carbonyl (C=O) groups excluding carboxylic acids is 1. The number of fused-ring (bicyclic) bond motifs is 3. The third kappa shape index (κ3) is 1.42. The van der Waals surface area contributed by atoms with Gasteiger partial charge in [0.25, 0.3) is 5.91 Å². The Kier molecular flexibility index (Phi) is 2.31. The first-order valence-electron chi connectivity index (χ1n) is 6.55. The minimum atomic E-state index is -1.12. The molecule has 0 fully saturated rings. The number of rotatable bonds is 0. The van der Waals surface area contributed by atoms with Gasteiger partial charge >= 0.3 is 7.12 Å². The van der Waals surface area contributed by atoms with E-state index in [0.717, 1.165) is 22.3 Å². The quantitative estimate of drug-likeness (QED) is 0.692. The SMILES string of the molecule is O=C1Nc2ccccc2C12Cc1ccccc1B(O)O2. The number of para-hydroxylation sites is 1. The van der Waals surface area contributed by atoms with E-state index in [9.17, 15) is 9.82 Å². The van der Waals surface area contributed by atoms with Gasteiger partial charge in [0.1, 0.15) is 0 Å². The first-order chi connectivity index (χ1) is 9.71. The van der Waals surface area contributed by atoms with Crippen molar-refractivity contribution in [3.8, 4) is 0 Å². The maximum Gasteiger partial charge on any atom is 0.492 e. The van der Waals surface area contributed by atoms with Gasteiger partial charge in [-0.05, 0) is 17.1 Å². The van der Waals surface area contributed by atoms with Gasteiger partial charge < -0.3 is 15.0 Å². The van der Waals surface area contributed by atoms with Gasteiger partial charge in [0.05, 0.1) is 0 Å². The minimum Gasteiger partial charge on any atom is -0.423 e. The van der Waals surface area contributed by atoms with Crippen molar-refractivity contribution in [3.63, 3.8) is 0 Å². The van der Waals surface area contributed by atoms with Crippen molar-refractivity contribution >= 4 is 24.2 Å². The predicted molar refractivity (Wildman–Crippen MR) is 75.6 cm³/mol. The molecular formula is C15H12BNO3. The molecule has 0 bridgehead atoms. The molecule has 0 saturated heterocycles. The van der Waals surface area contributed by atoms with Crippen LogP contribution in [0.4, 0.5) is 5.69 Å². The molecule has 0 radical (unpaired) electrons. The number of nitrogens with one attached hydrogen (secondary N) is 1. The molecule has 0 aromatic heterocycles. The summed E-state index contributed by atoms with van der Waals surface area (Å²) < 4.78 is 5.74. The van der Waals surface area contributed by atoms with E-state index < -0.39 is 12.7 Å². The topological polar surface area (TPSA) is 58.6 Å². The minimum absolute atomic E-state index is 0.216. The van der Waals surface area contributed by atoms with E-state index in [1.165, 1.54) is 0 Å². The van der Waals surface area contributed by atoms with Crippen molar-refractivity contribution in [2.75, 3.05) is 5.32 Å². The normalized spacial score (nSPS) is 23.4. The van der Waals surface area contributed by atoms with Crippen molar-refractivity contribution in [1.82, 2.24) is 0 Å². The molecular weight excluding hydrogens is 253 g/mol. The molecule has 4 rings (SSSR count). The van der Waals surface area contributed by atoms with E-state index in [4.69, 9.17) is 4.65 Å². The molecule has 1 spiro atoms. The largest absolute Gasteiger partial charge is 0.492 e. The molecule has 2 heterocycles. The zero-order chi connectivity index (χ0) is 13.7. The summed E-state index contributed by atoms with van der Waals surface area (Å²) in [5.41, 5.74) is 2.10. The molecule has 4 nitrogen and oxygen atoms in total. The zero-order valence-corrected chi connectivity index (χ0v) is 10.7. The lowest BCUT2D eigenvalue weighted by Gasteiger charge is -2.35. The van der Waals surface area contributed by atoms with Gasteiger partial charge in [0.2, 0.25) is 0 Å². The zero-order valence-electron chi connectivity index (χ0n) is 10.7. The Labute approximate surface area is 116 Å². The van der Waals surface area contributed by atoms with Crippen molar-refractivity contribution in [3.05, 3.63) is 59.7 Å². The number of amides is 1. The van der Waals surface area contributed by atoms with E-state index in [-0.39, 0.29) is 5.91 Å². The molecule has 1 atom stereocenters. The Morgan fingerprint density at radius 3 is 2.80 bits per heavy atom. The molecule has 0 aliphatic carbocycles. The van der Waals surface area contributed by atoms with Crippen LogP contribution in [0, 0.1) is 0 Å². The molecule has 2 aliphatic rings. The lowest BCUT2D eigenvalue weighted by atomic mass is 9.68. The second-order valence-electron chi connectivity index (χ2n) is 5.17. The average molecular weight is 265 g/mol. The van der Waals surface area contributed by atoms with Crippen LogP contribution in [0.2, 0.25) is 0 Å². The fourth-order valence-electron chi connectivity index (χ4n) is 3.08. The molecule has 1 amide bonds. The van der Waals surface area contributed by atoms with Gasteiger partial charge in [-0.2, -0.15) is 0 Å². The highest BCUT2D eigenvalue weighted by Gasteiger charge is 2.53. The van der Waals surface area contributed by atoms with Crippen LogP contribution in [-0.4, -0.2) is 18.0 Å². The summed E-state index contributed by atoms with van der Waals surface area (Å²) in [6, 6.07) is 15.0. The summed E-state index contributed by atoms with van der Waals surface area (Å²) in [4.78, 5) is 12.4. The van der Waals surface area contributed by atoms with Gasteiger partial charge in [0.15, 0.2) is 5.60 Å². The number of carbonyl (C=O) groups is 1. The van der Waals surface area contributed by atoms with Gasteiger partial charge in [-0.25, -0.2) is 0 Å². The second kappa shape index (κ2) is 3.94. The maximum atomic E-state index is 12.4. The van der Waals surface area contributed by atoms with Crippen LogP contribution < -0.4 is 10.8 Å². The van der Waals surface area contributed by atoms with Crippen molar-refractivity contribution in [2.24, 2.45) is 0 Å². The Balaban J connectivity index is 1.90. The Morgan fingerprint density at radius 1 is 1.15 bits per heavy atom. The molecule has 2 aliphatic heterocycles. The van der Waals surface area contributed by atoms with E-state index in [0.29, 0.717) is 6.42 Å². The Bertz CT molecular complexity index is 718. The third-order valence-electron chi connectivity index (χ3n) is 4.05. The standard InChI is InChI=1S/C15H12BNO3/c18-14-15(11-6-2-4-8-13(11)17-14)9-10-5-1-3-7-12(10)16(19)20-15/h1-8,19H,9H2,(H,17,18). The summed E-state index contributed by atoms with van der Waals surface area (Å²) in [7, 11) is -1.09. The summed E-state index contributed by atoms with van der Waals surface area (Å²) in [6.07, 6.45) is 0.434. The second-order valence-corrected chi connectivity index (χ2v) is 5.17. The third-order valence-corrected chi connectivity index (χ3v) is 4.05. The smallest absolute Gasteiger partial charge is 0.423 e. The highest BCUT2D eigenvalue weighted by Crippen LogP contribution is 2.42. The van der Waals surface area contributed by atoms with E-state index in [1.807, 2.05) is 48.5 Å². The van der Waals surface area contributed by atoms with Crippen LogP contribution in [0.5, 0.6) is 0 Å². The summed E-state index contributed by atoms with van der Waals surface area (Å²) in [5, 5.41) is 13.1. The van der Waals surface area contributed by atoms with Crippen LogP contribution >= 0.6 is 0 Å². The van der Waals surface area contributed by atoms with Gasteiger partial charge in [-0.3, -0.25) is 4.79 Å². The van der Waals surface area contributed by atoms with Crippen LogP contribution in [-0.2, 0) is 21.5 Å². The van der Waals surface area contributed by atoms with Crippen molar-refractivity contribution < 1.29 is 14.5 Å². The average Bonchev–Trinajstić information content (AvgIpc) is 2.72. The molecule has 2 aromatic carbocycles. The lowest BCUT2D eigenvalue weighted by molar-refractivity contribution is -0.132. The van der Waals surface area contributed by atoms with Crippen molar-refractivity contribution in [1.29, 1.82) is 0 Å².